The van der Waals surface area contributed by atoms with Crippen LogP contribution in [0, 0.1) is 0 Å². The number of aromatic nitrogens is 2. The molecule has 14 heavy (non-hydrogen) atoms. The number of hydrogen-bond donors (Lipinski definition) is 1. The lowest BCUT2D eigenvalue weighted by Gasteiger charge is -2.35. The number of nitrogens with one attached hydrogen (secondary N) is 1. The van der Waals surface area contributed by atoms with Crippen LogP contribution in [0.3, 0.4) is 0 Å². The minimum Gasteiger partial charge on any atom is -0.353 e. The Labute approximate surface area is 86.6 Å². The molecule has 0 radical (unpaired) electrons. The van der Waals surface area contributed by atoms with E-state index in [-0.39, 0.29) is 6.04 Å². The molecule has 1 N–H and O–H groups in total. The molecule has 0 atom stereocenters. The molecular weight excluding hydrogens is 202 g/mol. The third kappa shape index (κ3) is 2.40. The van der Waals surface area contributed by atoms with Crippen molar-refractivity contribution in [3.05, 3.63) is 6.33 Å². The SMILES string of the molecule is CC1(C)OCC(Nc2ncns2)CO1. The molecule has 0 saturated carbocycles. The van der Waals surface area contributed by atoms with Gasteiger partial charge in [-0.3, -0.25) is 0 Å². The quantitative estimate of drug-likeness (QED) is 0.800. The molecule has 1 saturated heterocycles. The van der Waals surface area contributed by atoms with Gasteiger partial charge in [-0.2, -0.15) is 4.37 Å². The Bertz CT molecular complexity index is 279. The van der Waals surface area contributed by atoms with Gasteiger partial charge < -0.3 is 14.8 Å². The fourth-order valence-corrected chi connectivity index (χ4v) is 1.69. The molecule has 2 heterocycles. The zero-order valence-electron chi connectivity index (χ0n) is 8.19. The third-order valence-corrected chi connectivity index (χ3v) is 2.55. The van der Waals surface area contributed by atoms with Gasteiger partial charge in [0.1, 0.15) is 6.33 Å². The van der Waals surface area contributed by atoms with E-state index in [1.165, 1.54) is 17.9 Å². The maximum Gasteiger partial charge on any atom is 0.202 e. The van der Waals surface area contributed by atoms with E-state index in [1.54, 1.807) is 0 Å². The largest absolute Gasteiger partial charge is 0.353 e. The van der Waals surface area contributed by atoms with Crippen molar-refractivity contribution in [3.63, 3.8) is 0 Å². The van der Waals surface area contributed by atoms with Gasteiger partial charge in [0.25, 0.3) is 0 Å². The molecule has 78 valence electrons. The van der Waals surface area contributed by atoms with Crippen molar-refractivity contribution < 1.29 is 9.47 Å². The van der Waals surface area contributed by atoms with Crippen LogP contribution in [0.5, 0.6) is 0 Å². The summed E-state index contributed by atoms with van der Waals surface area (Å²) in [5.74, 6) is -0.459. The molecule has 2 rings (SSSR count). The lowest BCUT2D eigenvalue weighted by atomic mass is 10.2. The highest BCUT2D eigenvalue weighted by molar-refractivity contribution is 7.09. The summed E-state index contributed by atoms with van der Waals surface area (Å²) in [4.78, 5) is 4.03. The van der Waals surface area contributed by atoms with E-state index >= 15 is 0 Å². The van der Waals surface area contributed by atoms with Crippen LogP contribution in [0.25, 0.3) is 0 Å². The molecule has 0 amide bonds. The van der Waals surface area contributed by atoms with Gasteiger partial charge in [-0.15, -0.1) is 0 Å². The van der Waals surface area contributed by atoms with E-state index < -0.39 is 5.79 Å². The Morgan fingerprint density at radius 3 is 2.79 bits per heavy atom. The van der Waals surface area contributed by atoms with Crippen LogP contribution < -0.4 is 5.32 Å². The molecule has 1 aromatic rings. The Kier molecular flexibility index (Phi) is 2.66. The van der Waals surface area contributed by atoms with Crippen LogP contribution in [-0.2, 0) is 9.47 Å². The van der Waals surface area contributed by atoms with Gasteiger partial charge in [0.05, 0.1) is 19.3 Å². The fourth-order valence-electron chi connectivity index (χ4n) is 1.19. The van der Waals surface area contributed by atoms with Gasteiger partial charge in [0.2, 0.25) is 5.13 Å². The standard InChI is InChI=1S/C8H13N3O2S/c1-8(2)12-3-6(4-13-8)11-7-9-5-10-14-7/h5-6H,3-4H2,1-2H3,(H,9,10,11). The average Bonchev–Trinajstić information content (AvgIpc) is 2.61. The summed E-state index contributed by atoms with van der Waals surface area (Å²) in [6.45, 7) is 5.08. The van der Waals surface area contributed by atoms with Crippen LogP contribution in [0.4, 0.5) is 5.13 Å². The molecule has 0 spiro atoms. The van der Waals surface area contributed by atoms with Gasteiger partial charge in [-0.1, -0.05) is 0 Å². The third-order valence-electron chi connectivity index (χ3n) is 1.95. The minimum atomic E-state index is -0.459. The summed E-state index contributed by atoms with van der Waals surface area (Å²) in [6.07, 6.45) is 1.53. The van der Waals surface area contributed by atoms with E-state index in [9.17, 15) is 0 Å². The van der Waals surface area contributed by atoms with Gasteiger partial charge in [-0.05, 0) is 13.8 Å². The van der Waals surface area contributed by atoms with E-state index in [0.717, 1.165) is 5.13 Å². The van der Waals surface area contributed by atoms with Crippen molar-refractivity contribution in [2.45, 2.75) is 25.7 Å². The van der Waals surface area contributed by atoms with Gasteiger partial charge in [0.15, 0.2) is 5.79 Å². The first-order valence-corrected chi connectivity index (χ1v) is 5.24. The van der Waals surface area contributed by atoms with E-state index in [0.29, 0.717) is 13.2 Å². The smallest absolute Gasteiger partial charge is 0.202 e. The lowest BCUT2D eigenvalue weighted by Crippen LogP contribution is -2.45. The summed E-state index contributed by atoms with van der Waals surface area (Å²) in [7, 11) is 0. The summed E-state index contributed by atoms with van der Waals surface area (Å²) < 4.78 is 14.9. The van der Waals surface area contributed by atoms with Crippen LogP contribution in [0.2, 0.25) is 0 Å². The Morgan fingerprint density at radius 1 is 1.50 bits per heavy atom. The molecule has 6 heteroatoms. The fraction of sp³-hybridized carbons (Fsp3) is 0.750. The molecular formula is C8H13N3O2S. The molecule has 1 aliphatic rings. The molecule has 1 fully saturated rings. The molecule has 1 aromatic heterocycles. The zero-order chi connectivity index (χ0) is 10.0. The normalized spacial score (nSPS) is 22.1. The van der Waals surface area contributed by atoms with Gasteiger partial charge >= 0.3 is 0 Å². The molecule has 0 aliphatic carbocycles. The second-order valence-electron chi connectivity index (χ2n) is 3.61. The average molecular weight is 215 g/mol. The highest BCUT2D eigenvalue weighted by Gasteiger charge is 2.28. The van der Waals surface area contributed by atoms with Crippen LogP contribution >= 0.6 is 11.5 Å². The Morgan fingerprint density at radius 2 is 2.21 bits per heavy atom. The molecule has 0 aromatic carbocycles. The zero-order valence-corrected chi connectivity index (χ0v) is 9.00. The monoisotopic (exact) mass is 215 g/mol. The van der Waals surface area contributed by atoms with Crippen LogP contribution in [-0.4, -0.2) is 34.4 Å². The Hall–Kier alpha value is -0.720. The van der Waals surface area contributed by atoms with Crippen molar-refractivity contribution >= 4 is 16.7 Å². The molecule has 5 nitrogen and oxygen atoms in total. The molecule has 0 unspecified atom stereocenters. The van der Waals surface area contributed by atoms with Crippen molar-refractivity contribution in [1.82, 2.24) is 9.36 Å². The summed E-state index contributed by atoms with van der Waals surface area (Å²) in [5.41, 5.74) is 0. The van der Waals surface area contributed by atoms with E-state index in [1.807, 2.05) is 13.8 Å². The maximum absolute atomic E-state index is 5.50. The topological polar surface area (TPSA) is 56.3 Å². The maximum atomic E-state index is 5.50. The first-order chi connectivity index (χ1) is 6.66. The number of anilines is 1. The summed E-state index contributed by atoms with van der Waals surface area (Å²) in [5, 5.41) is 4.00. The van der Waals surface area contributed by atoms with Gasteiger partial charge in [-0.25, -0.2) is 4.98 Å². The number of nitrogens with zero attached hydrogens (tertiary/aromatic N) is 2. The Balaban J connectivity index is 1.85. The minimum absolute atomic E-state index is 0.163. The molecule has 1 aliphatic heterocycles. The predicted octanol–water partition coefficient (Wildman–Crippen LogP) is 1.10. The van der Waals surface area contributed by atoms with Crippen molar-refractivity contribution in [3.8, 4) is 0 Å². The van der Waals surface area contributed by atoms with E-state index in [2.05, 4.69) is 14.7 Å². The van der Waals surface area contributed by atoms with Crippen molar-refractivity contribution in [2.75, 3.05) is 18.5 Å². The second kappa shape index (κ2) is 3.80. The highest BCUT2D eigenvalue weighted by atomic mass is 32.1. The van der Waals surface area contributed by atoms with Crippen LogP contribution in [0.15, 0.2) is 6.33 Å². The van der Waals surface area contributed by atoms with Gasteiger partial charge in [0, 0.05) is 11.5 Å². The van der Waals surface area contributed by atoms with Crippen molar-refractivity contribution in [1.29, 1.82) is 0 Å². The van der Waals surface area contributed by atoms with Crippen LogP contribution in [0.1, 0.15) is 13.8 Å². The molecule has 0 bridgehead atoms. The summed E-state index contributed by atoms with van der Waals surface area (Å²) >= 11 is 1.33. The second-order valence-corrected chi connectivity index (χ2v) is 4.39. The van der Waals surface area contributed by atoms with E-state index in [4.69, 9.17) is 9.47 Å². The number of ether oxygens (including phenoxy) is 2. The van der Waals surface area contributed by atoms with Crippen molar-refractivity contribution in [2.24, 2.45) is 0 Å². The number of rotatable bonds is 2. The first-order valence-electron chi connectivity index (χ1n) is 4.47. The summed E-state index contributed by atoms with van der Waals surface area (Å²) in [6, 6.07) is 0.163. The first kappa shape index (κ1) is 9.82. The lowest BCUT2D eigenvalue weighted by molar-refractivity contribution is -0.247. The highest BCUT2D eigenvalue weighted by Crippen LogP contribution is 2.19. The number of hydrogen-bond acceptors (Lipinski definition) is 6. The predicted molar refractivity (Wildman–Crippen MR) is 53.3 cm³/mol.